The second-order valence-corrected chi connectivity index (χ2v) is 8.40. The van der Waals surface area contributed by atoms with E-state index in [2.05, 4.69) is 20.7 Å². The molecule has 0 spiro atoms. The van der Waals surface area contributed by atoms with E-state index < -0.39 is 10.0 Å². The van der Waals surface area contributed by atoms with Gasteiger partial charge < -0.3 is 9.84 Å². The van der Waals surface area contributed by atoms with Crippen LogP contribution in [-0.4, -0.2) is 20.6 Å². The maximum Gasteiger partial charge on any atom is 0.263 e. The van der Waals surface area contributed by atoms with Crippen LogP contribution in [0.5, 0.6) is 5.75 Å². The molecule has 114 valence electrons. The van der Waals surface area contributed by atoms with Gasteiger partial charge in [0.05, 0.1) is 23.2 Å². The molecule has 0 saturated carbocycles. The third-order valence-electron chi connectivity index (χ3n) is 2.83. The number of hydrogen-bond acceptors (Lipinski definition) is 5. The van der Waals surface area contributed by atoms with Crippen molar-refractivity contribution in [1.29, 1.82) is 0 Å². The number of rotatable bonds is 5. The van der Waals surface area contributed by atoms with Crippen LogP contribution in [0, 0.1) is 6.92 Å². The molecule has 0 saturated heterocycles. The first-order chi connectivity index (χ1) is 9.87. The number of aliphatic hydroxyl groups excluding tert-OH is 1. The summed E-state index contributed by atoms with van der Waals surface area (Å²) in [6.07, 6.45) is 0. The first-order valence-electron chi connectivity index (χ1n) is 5.94. The van der Waals surface area contributed by atoms with Gasteiger partial charge in [-0.25, -0.2) is 8.42 Å². The highest BCUT2D eigenvalue weighted by Crippen LogP contribution is 2.33. The summed E-state index contributed by atoms with van der Waals surface area (Å²) in [6, 6.07) is 6.54. The van der Waals surface area contributed by atoms with Crippen molar-refractivity contribution < 1.29 is 18.3 Å². The Balaban J connectivity index is 2.35. The van der Waals surface area contributed by atoms with Crippen LogP contribution in [0.2, 0.25) is 0 Å². The standard InChI is InChI=1S/C13H14BrNO4S2/c1-8-5-9(19-2)3-4-11(8)15-21(17,18)12-6-10(7-16)20-13(12)14/h3-6,15-16H,7H2,1-2H3. The number of methoxy groups -OCH3 is 1. The molecule has 0 radical (unpaired) electrons. The smallest absolute Gasteiger partial charge is 0.263 e. The van der Waals surface area contributed by atoms with Crippen LogP contribution in [0.4, 0.5) is 5.69 Å². The molecule has 1 aromatic carbocycles. The molecule has 0 aliphatic carbocycles. The van der Waals surface area contributed by atoms with E-state index in [1.54, 1.807) is 32.2 Å². The van der Waals surface area contributed by atoms with Crippen LogP contribution in [-0.2, 0) is 16.6 Å². The van der Waals surface area contributed by atoms with Gasteiger partial charge in [0.15, 0.2) is 0 Å². The van der Waals surface area contributed by atoms with Crippen molar-refractivity contribution >= 4 is 43.0 Å². The van der Waals surface area contributed by atoms with Crippen LogP contribution in [0.1, 0.15) is 10.4 Å². The third kappa shape index (κ3) is 3.57. The fourth-order valence-corrected chi connectivity index (χ4v) is 5.41. The van der Waals surface area contributed by atoms with Gasteiger partial charge in [-0.15, -0.1) is 11.3 Å². The predicted octanol–water partition coefficient (Wildman–Crippen LogP) is 3.12. The Morgan fingerprint density at radius 3 is 2.62 bits per heavy atom. The predicted molar refractivity (Wildman–Crippen MR) is 86.5 cm³/mol. The molecule has 0 atom stereocenters. The summed E-state index contributed by atoms with van der Waals surface area (Å²) >= 11 is 4.41. The minimum absolute atomic E-state index is 0.117. The molecule has 21 heavy (non-hydrogen) atoms. The summed E-state index contributed by atoms with van der Waals surface area (Å²) in [6.45, 7) is 1.60. The van der Waals surface area contributed by atoms with Gasteiger partial charge in [0.25, 0.3) is 10.0 Å². The van der Waals surface area contributed by atoms with Crippen LogP contribution >= 0.6 is 27.3 Å². The highest BCUT2D eigenvalue weighted by Gasteiger charge is 2.21. The molecule has 0 aliphatic heterocycles. The lowest BCUT2D eigenvalue weighted by molar-refractivity contribution is 0.285. The number of aliphatic hydroxyl groups is 1. The molecule has 2 N–H and O–H groups in total. The van der Waals surface area contributed by atoms with Gasteiger partial charge in [0, 0.05) is 4.88 Å². The van der Waals surface area contributed by atoms with Crippen LogP contribution < -0.4 is 9.46 Å². The summed E-state index contributed by atoms with van der Waals surface area (Å²) in [5, 5.41) is 9.09. The van der Waals surface area contributed by atoms with E-state index in [0.717, 1.165) is 5.56 Å². The summed E-state index contributed by atoms with van der Waals surface area (Å²) in [7, 11) is -2.16. The van der Waals surface area contributed by atoms with E-state index in [1.807, 2.05) is 0 Å². The molecule has 0 amide bonds. The molecule has 1 aromatic heterocycles. The fraction of sp³-hybridized carbons (Fsp3) is 0.231. The lowest BCUT2D eigenvalue weighted by Crippen LogP contribution is -2.13. The zero-order valence-electron chi connectivity index (χ0n) is 11.4. The third-order valence-corrected chi connectivity index (χ3v) is 6.43. The number of anilines is 1. The maximum absolute atomic E-state index is 12.4. The second-order valence-electron chi connectivity index (χ2n) is 4.30. The number of sulfonamides is 1. The molecular formula is C13H14BrNO4S2. The van der Waals surface area contributed by atoms with E-state index in [9.17, 15) is 8.42 Å². The number of ether oxygens (including phenoxy) is 1. The molecule has 0 bridgehead atoms. The number of thiophene rings is 1. The van der Waals surface area contributed by atoms with Gasteiger partial charge in [0.1, 0.15) is 10.6 Å². The largest absolute Gasteiger partial charge is 0.497 e. The van der Waals surface area contributed by atoms with E-state index in [1.165, 1.54) is 17.4 Å². The Hall–Kier alpha value is -1.09. The highest BCUT2D eigenvalue weighted by atomic mass is 79.9. The minimum atomic E-state index is -3.71. The van der Waals surface area contributed by atoms with E-state index in [0.29, 0.717) is 20.1 Å². The maximum atomic E-state index is 12.4. The van der Waals surface area contributed by atoms with Gasteiger partial charge in [-0.3, -0.25) is 4.72 Å². The Labute approximate surface area is 135 Å². The molecular weight excluding hydrogens is 378 g/mol. The van der Waals surface area contributed by atoms with Gasteiger partial charge in [-0.05, 0) is 52.7 Å². The zero-order chi connectivity index (χ0) is 15.6. The lowest BCUT2D eigenvalue weighted by Gasteiger charge is -2.11. The molecule has 0 aliphatic rings. The molecule has 5 nitrogen and oxygen atoms in total. The van der Waals surface area contributed by atoms with Gasteiger partial charge >= 0.3 is 0 Å². The molecule has 0 unspecified atom stereocenters. The lowest BCUT2D eigenvalue weighted by atomic mass is 10.2. The fourth-order valence-electron chi connectivity index (χ4n) is 1.74. The monoisotopic (exact) mass is 391 g/mol. The number of benzene rings is 1. The Bertz CT molecular complexity index is 756. The number of nitrogens with one attached hydrogen (secondary N) is 1. The van der Waals surface area contributed by atoms with Crippen LogP contribution in [0.15, 0.2) is 32.9 Å². The van der Waals surface area contributed by atoms with E-state index >= 15 is 0 Å². The quantitative estimate of drug-likeness (QED) is 0.820. The zero-order valence-corrected chi connectivity index (χ0v) is 14.6. The molecule has 2 aromatic rings. The van der Waals surface area contributed by atoms with Crippen molar-refractivity contribution in [3.05, 3.63) is 38.5 Å². The molecule has 0 fully saturated rings. The Morgan fingerprint density at radius 2 is 2.10 bits per heavy atom. The minimum Gasteiger partial charge on any atom is -0.497 e. The Morgan fingerprint density at radius 1 is 1.38 bits per heavy atom. The first-order valence-corrected chi connectivity index (χ1v) is 9.03. The summed E-state index contributed by atoms with van der Waals surface area (Å²) in [5.41, 5.74) is 1.24. The van der Waals surface area contributed by atoms with Crippen molar-refractivity contribution in [3.63, 3.8) is 0 Å². The molecule has 8 heteroatoms. The summed E-state index contributed by atoms with van der Waals surface area (Å²) in [4.78, 5) is 0.695. The number of hydrogen-bond donors (Lipinski definition) is 2. The topological polar surface area (TPSA) is 75.6 Å². The van der Waals surface area contributed by atoms with Crippen molar-refractivity contribution in [2.45, 2.75) is 18.4 Å². The van der Waals surface area contributed by atoms with Gasteiger partial charge in [-0.2, -0.15) is 0 Å². The average Bonchev–Trinajstić information content (AvgIpc) is 2.83. The second kappa shape index (κ2) is 6.35. The van der Waals surface area contributed by atoms with E-state index in [4.69, 9.17) is 9.84 Å². The normalized spacial score (nSPS) is 11.4. The van der Waals surface area contributed by atoms with Gasteiger partial charge in [0.2, 0.25) is 0 Å². The Kier molecular flexibility index (Phi) is 4.92. The SMILES string of the molecule is COc1ccc(NS(=O)(=O)c2cc(CO)sc2Br)c(C)c1. The average molecular weight is 392 g/mol. The van der Waals surface area contributed by atoms with Gasteiger partial charge in [-0.1, -0.05) is 0 Å². The molecule has 1 heterocycles. The molecule has 2 rings (SSSR count). The first kappa shape index (κ1) is 16.3. The number of aryl methyl sites for hydroxylation is 1. The van der Waals surface area contributed by atoms with Crippen molar-refractivity contribution in [3.8, 4) is 5.75 Å². The van der Waals surface area contributed by atoms with Crippen molar-refractivity contribution in [2.75, 3.05) is 11.8 Å². The van der Waals surface area contributed by atoms with E-state index in [-0.39, 0.29) is 11.5 Å². The summed E-state index contributed by atoms with van der Waals surface area (Å²) < 4.78 is 32.9. The van der Waals surface area contributed by atoms with Crippen LogP contribution in [0.25, 0.3) is 0 Å². The number of halogens is 1. The van der Waals surface area contributed by atoms with Crippen LogP contribution in [0.3, 0.4) is 0 Å². The van der Waals surface area contributed by atoms with Crippen molar-refractivity contribution in [1.82, 2.24) is 0 Å². The summed E-state index contributed by atoms with van der Waals surface area (Å²) in [5.74, 6) is 0.662. The van der Waals surface area contributed by atoms with Crippen molar-refractivity contribution in [2.24, 2.45) is 0 Å². The highest BCUT2D eigenvalue weighted by molar-refractivity contribution is 9.11.